The van der Waals surface area contributed by atoms with Gasteiger partial charge in [-0.1, -0.05) is 24.3 Å². The van der Waals surface area contributed by atoms with Crippen LogP contribution >= 0.6 is 0 Å². The highest BCUT2D eigenvalue weighted by molar-refractivity contribution is 5.58. The second kappa shape index (κ2) is 5.15. The van der Waals surface area contributed by atoms with Gasteiger partial charge in [0, 0.05) is 6.61 Å². The molecule has 0 heterocycles. The third-order valence-corrected chi connectivity index (χ3v) is 1.75. The Bertz CT molecular complexity index is 379. The molecule has 1 aromatic rings. The van der Waals surface area contributed by atoms with E-state index < -0.39 is 5.82 Å². The van der Waals surface area contributed by atoms with Crippen molar-refractivity contribution in [1.29, 1.82) is 5.26 Å². The molecule has 0 radical (unpaired) electrons. The van der Waals surface area contributed by atoms with Crippen molar-refractivity contribution < 1.29 is 9.50 Å². The summed E-state index contributed by atoms with van der Waals surface area (Å²) >= 11 is 0. The number of hydrogen-bond acceptors (Lipinski definition) is 2. The second-order valence-electron chi connectivity index (χ2n) is 2.73. The molecule has 0 amide bonds. The first-order valence-electron chi connectivity index (χ1n) is 4.25. The van der Waals surface area contributed by atoms with Crippen LogP contribution in [0.1, 0.15) is 17.5 Å². The number of rotatable bonds is 3. The Balaban J connectivity index is 2.98. The maximum atomic E-state index is 13.1. The highest BCUT2D eigenvalue weighted by Crippen LogP contribution is 2.13. The van der Waals surface area contributed by atoms with Crippen LogP contribution in [0.15, 0.2) is 24.3 Å². The first kappa shape index (κ1) is 10.4. The van der Waals surface area contributed by atoms with Crippen molar-refractivity contribution in [2.24, 2.45) is 0 Å². The lowest BCUT2D eigenvalue weighted by Crippen LogP contribution is -1.87. The molecular weight excluding hydrogens is 181 g/mol. The Hall–Kier alpha value is -1.66. The molecule has 0 unspecified atom stereocenters. The molecule has 3 heteroatoms. The maximum Gasteiger partial charge on any atom is 0.141 e. The Morgan fingerprint density at radius 2 is 2.29 bits per heavy atom. The van der Waals surface area contributed by atoms with Gasteiger partial charge in [-0.05, 0) is 18.1 Å². The van der Waals surface area contributed by atoms with Gasteiger partial charge in [0.2, 0.25) is 0 Å². The molecule has 2 nitrogen and oxygen atoms in total. The molecule has 1 aromatic carbocycles. The molecule has 0 spiro atoms. The van der Waals surface area contributed by atoms with Crippen molar-refractivity contribution in [1.82, 2.24) is 0 Å². The van der Waals surface area contributed by atoms with Gasteiger partial charge in [-0.25, -0.2) is 4.39 Å². The second-order valence-corrected chi connectivity index (χ2v) is 2.73. The highest BCUT2D eigenvalue weighted by atomic mass is 19.1. The fourth-order valence-electron chi connectivity index (χ4n) is 1.08. The summed E-state index contributed by atoms with van der Waals surface area (Å²) in [6, 6.07) is 6.27. The average Bonchev–Trinajstić information content (AvgIpc) is 2.18. The van der Waals surface area contributed by atoms with Crippen molar-refractivity contribution in [3.05, 3.63) is 41.2 Å². The predicted octanol–water partition coefficient (Wildman–Crippen LogP) is 2.09. The fraction of sp³-hybridized carbons (Fsp3) is 0.182. The lowest BCUT2D eigenvalue weighted by molar-refractivity contribution is 0.303. The minimum atomic E-state index is -0.515. The van der Waals surface area contributed by atoms with Crippen molar-refractivity contribution in [3.8, 4) is 6.07 Å². The minimum Gasteiger partial charge on any atom is -0.396 e. The molecular formula is C11H10FNO. The van der Waals surface area contributed by atoms with Gasteiger partial charge in [0.05, 0.1) is 5.56 Å². The summed E-state index contributed by atoms with van der Waals surface area (Å²) in [6.07, 6.45) is 3.84. The van der Waals surface area contributed by atoms with Crippen LogP contribution in [0, 0.1) is 17.1 Å². The van der Waals surface area contributed by atoms with E-state index in [9.17, 15) is 4.39 Å². The molecule has 0 saturated carbocycles. The number of nitriles is 1. The molecule has 0 bridgehead atoms. The third-order valence-electron chi connectivity index (χ3n) is 1.75. The lowest BCUT2D eigenvalue weighted by Gasteiger charge is -1.97. The van der Waals surface area contributed by atoms with Gasteiger partial charge in [0.25, 0.3) is 0 Å². The minimum absolute atomic E-state index is 0.0432. The number of aliphatic hydroxyl groups excluding tert-OH is 1. The fourth-order valence-corrected chi connectivity index (χ4v) is 1.08. The molecule has 0 aliphatic carbocycles. The van der Waals surface area contributed by atoms with Crippen LogP contribution in [0.4, 0.5) is 4.39 Å². The summed E-state index contributed by atoms with van der Waals surface area (Å²) in [4.78, 5) is 0. The third kappa shape index (κ3) is 2.41. The van der Waals surface area contributed by atoms with Crippen LogP contribution in [-0.2, 0) is 0 Å². The normalized spacial score (nSPS) is 10.4. The van der Waals surface area contributed by atoms with Gasteiger partial charge in [-0.15, -0.1) is 0 Å². The van der Waals surface area contributed by atoms with Crippen molar-refractivity contribution in [2.45, 2.75) is 6.42 Å². The van der Waals surface area contributed by atoms with Crippen LogP contribution < -0.4 is 0 Å². The molecule has 0 atom stereocenters. The van der Waals surface area contributed by atoms with Gasteiger partial charge >= 0.3 is 0 Å². The van der Waals surface area contributed by atoms with Crippen LogP contribution in [0.3, 0.4) is 0 Å². The number of hydrogen-bond donors (Lipinski definition) is 1. The van der Waals surface area contributed by atoms with Crippen LogP contribution in [0.2, 0.25) is 0 Å². The summed E-state index contributed by atoms with van der Waals surface area (Å²) in [5.41, 5.74) is 0.586. The topological polar surface area (TPSA) is 44.0 Å². The zero-order valence-corrected chi connectivity index (χ0v) is 7.57. The van der Waals surface area contributed by atoms with Gasteiger partial charge in [-0.2, -0.15) is 5.26 Å². The summed E-state index contributed by atoms with van der Waals surface area (Å²) in [5.74, 6) is -0.515. The zero-order chi connectivity index (χ0) is 10.4. The average molecular weight is 191 g/mol. The highest BCUT2D eigenvalue weighted by Gasteiger charge is 2.03. The maximum absolute atomic E-state index is 13.1. The quantitative estimate of drug-likeness (QED) is 0.795. The predicted molar refractivity (Wildman–Crippen MR) is 51.9 cm³/mol. The summed E-state index contributed by atoms with van der Waals surface area (Å²) < 4.78 is 13.1. The molecule has 0 fully saturated rings. The first-order valence-corrected chi connectivity index (χ1v) is 4.25. The van der Waals surface area contributed by atoms with E-state index in [0.717, 1.165) is 0 Å². The van der Waals surface area contributed by atoms with E-state index in [1.807, 2.05) is 0 Å². The van der Waals surface area contributed by atoms with Crippen LogP contribution in [0.25, 0.3) is 6.08 Å². The number of nitrogens with zero attached hydrogens (tertiary/aromatic N) is 1. The summed E-state index contributed by atoms with van der Waals surface area (Å²) in [6.45, 7) is 0.0493. The number of aliphatic hydroxyl groups is 1. The summed E-state index contributed by atoms with van der Waals surface area (Å²) in [5, 5.41) is 17.2. The number of benzene rings is 1. The van der Waals surface area contributed by atoms with E-state index in [-0.39, 0.29) is 12.2 Å². The zero-order valence-electron chi connectivity index (χ0n) is 7.57. The van der Waals surface area contributed by atoms with E-state index in [1.54, 1.807) is 30.4 Å². The molecule has 0 aliphatic rings. The smallest absolute Gasteiger partial charge is 0.141 e. The van der Waals surface area contributed by atoms with Crippen molar-refractivity contribution >= 4 is 6.08 Å². The molecule has 14 heavy (non-hydrogen) atoms. The Morgan fingerprint density at radius 1 is 1.50 bits per heavy atom. The molecule has 0 saturated heterocycles. The Kier molecular flexibility index (Phi) is 3.84. The first-order chi connectivity index (χ1) is 6.79. The van der Waals surface area contributed by atoms with Crippen LogP contribution in [0.5, 0.6) is 0 Å². The van der Waals surface area contributed by atoms with E-state index in [0.29, 0.717) is 12.0 Å². The van der Waals surface area contributed by atoms with Gasteiger partial charge in [0.1, 0.15) is 11.9 Å². The van der Waals surface area contributed by atoms with Crippen LogP contribution in [-0.4, -0.2) is 11.7 Å². The molecule has 0 aromatic heterocycles. The number of halogens is 1. The Morgan fingerprint density at radius 3 is 2.93 bits per heavy atom. The van der Waals surface area contributed by atoms with Crippen molar-refractivity contribution in [2.75, 3.05) is 6.61 Å². The lowest BCUT2D eigenvalue weighted by atomic mass is 10.1. The van der Waals surface area contributed by atoms with Gasteiger partial charge in [-0.3, -0.25) is 0 Å². The Labute approximate surface area is 81.9 Å². The monoisotopic (exact) mass is 191 g/mol. The van der Waals surface area contributed by atoms with E-state index >= 15 is 0 Å². The SMILES string of the molecule is N#Cc1c(F)cccc1C=CCCO. The van der Waals surface area contributed by atoms with Gasteiger partial charge in [0.15, 0.2) is 0 Å². The molecule has 72 valence electrons. The van der Waals surface area contributed by atoms with E-state index in [4.69, 9.17) is 10.4 Å². The van der Waals surface area contributed by atoms with E-state index in [1.165, 1.54) is 6.07 Å². The van der Waals surface area contributed by atoms with Gasteiger partial charge < -0.3 is 5.11 Å². The standard InChI is InChI=1S/C11H10FNO/c12-11-6-3-5-9(10(11)8-13)4-1-2-7-14/h1,3-6,14H,2,7H2. The summed E-state index contributed by atoms with van der Waals surface area (Å²) in [7, 11) is 0. The largest absolute Gasteiger partial charge is 0.396 e. The molecule has 1 rings (SSSR count). The van der Waals surface area contributed by atoms with Crippen molar-refractivity contribution in [3.63, 3.8) is 0 Å². The molecule has 1 N–H and O–H groups in total. The van der Waals surface area contributed by atoms with E-state index in [2.05, 4.69) is 0 Å². The molecule has 0 aliphatic heterocycles.